The average Bonchev–Trinajstić information content (AvgIpc) is 2.28. The van der Waals surface area contributed by atoms with Gasteiger partial charge in [-0.25, -0.2) is 0 Å². The summed E-state index contributed by atoms with van der Waals surface area (Å²) in [6.45, 7) is 8.67. The molecule has 1 unspecified atom stereocenters. The Kier molecular flexibility index (Phi) is 5.57. The summed E-state index contributed by atoms with van der Waals surface area (Å²) in [6.07, 6.45) is 2.49. The van der Waals surface area contributed by atoms with E-state index in [2.05, 4.69) is 6.58 Å². The third kappa shape index (κ3) is 4.11. The van der Waals surface area contributed by atoms with E-state index >= 15 is 0 Å². The minimum Gasteiger partial charge on any atom is -0.490 e. The van der Waals surface area contributed by atoms with Crippen molar-refractivity contribution in [2.75, 3.05) is 13.2 Å². The number of hydrogen-bond donors (Lipinski definition) is 1. The minimum absolute atomic E-state index is 0.0953. The lowest BCUT2D eigenvalue weighted by molar-refractivity contribution is 0.294. The van der Waals surface area contributed by atoms with Crippen molar-refractivity contribution in [3.05, 3.63) is 36.4 Å². The van der Waals surface area contributed by atoms with Gasteiger partial charge in [-0.15, -0.1) is 0 Å². The monoisotopic (exact) mass is 235 g/mol. The number of ether oxygens (including phenoxy) is 2. The van der Waals surface area contributed by atoms with Gasteiger partial charge in [0.1, 0.15) is 6.61 Å². The van der Waals surface area contributed by atoms with Gasteiger partial charge in [0.05, 0.1) is 6.61 Å². The number of para-hydroxylation sites is 1. The largest absolute Gasteiger partial charge is 0.490 e. The Hall–Kier alpha value is -1.48. The molecule has 0 aliphatic carbocycles. The highest BCUT2D eigenvalue weighted by molar-refractivity contribution is 5.47. The van der Waals surface area contributed by atoms with E-state index < -0.39 is 0 Å². The highest BCUT2D eigenvalue weighted by atomic mass is 16.5. The van der Waals surface area contributed by atoms with Gasteiger partial charge in [0, 0.05) is 6.04 Å². The Morgan fingerprint density at radius 1 is 1.41 bits per heavy atom. The first kappa shape index (κ1) is 13.6. The second kappa shape index (κ2) is 6.97. The van der Waals surface area contributed by atoms with E-state index in [0.29, 0.717) is 13.2 Å². The van der Waals surface area contributed by atoms with Gasteiger partial charge in [0.15, 0.2) is 11.5 Å². The maximum atomic E-state index is 5.83. The van der Waals surface area contributed by atoms with E-state index in [-0.39, 0.29) is 6.04 Å². The fraction of sp³-hybridized carbons (Fsp3) is 0.429. The lowest BCUT2D eigenvalue weighted by Crippen LogP contribution is -2.18. The molecule has 0 amide bonds. The van der Waals surface area contributed by atoms with Gasteiger partial charge in [-0.1, -0.05) is 24.8 Å². The minimum atomic E-state index is 0.0953. The fourth-order valence-corrected chi connectivity index (χ4v) is 1.64. The summed E-state index contributed by atoms with van der Waals surface area (Å²) in [5.41, 5.74) is 6.91. The van der Waals surface area contributed by atoms with Crippen molar-refractivity contribution in [1.82, 2.24) is 0 Å². The molecule has 94 valence electrons. The van der Waals surface area contributed by atoms with Gasteiger partial charge < -0.3 is 15.2 Å². The standard InChI is InChI=1S/C14H21NO2/c1-4-9-17-14-12(10-11(3)15)7-6-8-13(14)16-5-2/h4,6-8,11H,1,5,9-10,15H2,2-3H3. The highest BCUT2D eigenvalue weighted by Gasteiger charge is 2.11. The van der Waals surface area contributed by atoms with Crippen molar-refractivity contribution in [2.45, 2.75) is 26.3 Å². The van der Waals surface area contributed by atoms with Crippen molar-refractivity contribution in [3.8, 4) is 11.5 Å². The molecule has 0 aliphatic heterocycles. The first-order valence-electron chi connectivity index (χ1n) is 5.93. The van der Waals surface area contributed by atoms with Gasteiger partial charge in [0.2, 0.25) is 0 Å². The maximum Gasteiger partial charge on any atom is 0.164 e. The zero-order valence-electron chi connectivity index (χ0n) is 10.6. The smallest absolute Gasteiger partial charge is 0.164 e. The molecule has 1 rings (SSSR count). The number of hydrogen-bond acceptors (Lipinski definition) is 3. The Balaban J connectivity index is 2.99. The molecule has 3 nitrogen and oxygen atoms in total. The third-order valence-corrected chi connectivity index (χ3v) is 2.25. The molecule has 0 fully saturated rings. The predicted octanol–water partition coefficient (Wildman–Crippen LogP) is 2.54. The summed E-state index contributed by atoms with van der Waals surface area (Å²) in [5, 5.41) is 0. The van der Waals surface area contributed by atoms with Gasteiger partial charge in [-0.05, 0) is 31.9 Å². The summed E-state index contributed by atoms with van der Waals surface area (Å²) in [4.78, 5) is 0. The van der Waals surface area contributed by atoms with Crippen LogP contribution in [0.15, 0.2) is 30.9 Å². The van der Waals surface area contributed by atoms with Crippen molar-refractivity contribution < 1.29 is 9.47 Å². The molecule has 0 aliphatic rings. The zero-order valence-corrected chi connectivity index (χ0v) is 10.6. The molecule has 1 atom stereocenters. The molecule has 0 radical (unpaired) electrons. The van der Waals surface area contributed by atoms with Crippen LogP contribution in [0.25, 0.3) is 0 Å². The molecule has 3 heteroatoms. The Bertz CT molecular complexity index is 361. The number of nitrogens with two attached hydrogens (primary N) is 1. The first-order valence-corrected chi connectivity index (χ1v) is 5.93. The van der Waals surface area contributed by atoms with Crippen LogP contribution in [-0.4, -0.2) is 19.3 Å². The molecular weight excluding hydrogens is 214 g/mol. The van der Waals surface area contributed by atoms with Gasteiger partial charge in [0.25, 0.3) is 0 Å². The summed E-state index contributed by atoms with van der Waals surface area (Å²) in [6, 6.07) is 5.98. The molecule has 2 N–H and O–H groups in total. The van der Waals surface area contributed by atoms with Crippen LogP contribution >= 0.6 is 0 Å². The van der Waals surface area contributed by atoms with Crippen molar-refractivity contribution >= 4 is 0 Å². The van der Waals surface area contributed by atoms with Crippen LogP contribution in [0, 0.1) is 0 Å². The second-order valence-corrected chi connectivity index (χ2v) is 3.96. The topological polar surface area (TPSA) is 44.5 Å². The predicted molar refractivity (Wildman–Crippen MR) is 70.7 cm³/mol. The van der Waals surface area contributed by atoms with E-state index in [1.807, 2.05) is 32.0 Å². The lowest BCUT2D eigenvalue weighted by Gasteiger charge is -2.16. The maximum absolute atomic E-state index is 5.83. The Labute approximate surface area is 103 Å². The molecule has 0 heterocycles. The van der Waals surface area contributed by atoms with Crippen LogP contribution < -0.4 is 15.2 Å². The molecule has 17 heavy (non-hydrogen) atoms. The molecule has 1 aromatic rings. The summed E-state index contributed by atoms with van der Waals surface area (Å²) >= 11 is 0. The van der Waals surface area contributed by atoms with E-state index in [1.54, 1.807) is 6.08 Å². The Morgan fingerprint density at radius 2 is 2.18 bits per heavy atom. The third-order valence-electron chi connectivity index (χ3n) is 2.25. The van der Waals surface area contributed by atoms with Crippen LogP contribution in [-0.2, 0) is 6.42 Å². The van der Waals surface area contributed by atoms with Gasteiger partial charge in [-0.3, -0.25) is 0 Å². The van der Waals surface area contributed by atoms with Crippen LogP contribution in [0.4, 0.5) is 0 Å². The normalized spacial score (nSPS) is 11.9. The molecule has 0 saturated heterocycles. The van der Waals surface area contributed by atoms with Crippen LogP contribution in [0.2, 0.25) is 0 Å². The van der Waals surface area contributed by atoms with E-state index in [1.165, 1.54) is 0 Å². The molecule has 0 bridgehead atoms. The van der Waals surface area contributed by atoms with Crippen molar-refractivity contribution in [3.63, 3.8) is 0 Å². The summed E-state index contributed by atoms with van der Waals surface area (Å²) in [5.74, 6) is 1.55. The van der Waals surface area contributed by atoms with E-state index in [4.69, 9.17) is 15.2 Å². The lowest BCUT2D eigenvalue weighted by atomic mass is 10.1. The van der Waals surface area contributed by atoms with Crippen LogP contribution in [0.1, 0.15) is 19.4 Å². The molecule has 1 aromatic carbocycles. The highest BCUT2D eigenvalue weighted by Crippen LogP contribution is 2.32. The zero-order chi connectivity index (χ0) is 12.7. The van der Waals surface area contributed by atoms with E-state index in [9.17, 15) is 0 Å². The molecule has 0 aromatic heterocycles. The first-order chi connectivity index (χ1) is 8.19. The SMILES string of the molecule is C=CCOc1c(CC(C)N)cccc1OCC. The molecular formula is C14H21NO2. The van der Waals surface area contributed by atoms with Crippen LogP contribution in [0.5, 0.6) is 11.5 Å². The molecule has 0 saturated carbocycles. The number of rotatable bonds is 7. The van der Waals surface area contributed by atoms with Crippen LogP contribution in [0.3, 0.4) is 0 Å². The Morgan fingerprint density at radius 3 is 2.76 bits per heavy atom. The van der Waals surface area contributed by atoms with Gasteiger partial charge >= 0.3 is 0 Å². The van der Waals surface area contributed by atoms with Gasteiger partial charge in [-0.2, -0.15) is 0 Å². The summed E-state index contributed by atoms with van der Waals surface area (Å²) in [7, 11) is 0. The van der Waals surface area contributed by atoms with Crippen molar-refractivity contribution in [2.24, 2.45) is 5.73 Å². The second-order valence-electron chi connectivity index (χ2n) is 3.96. The average molecular weight is 235 g/mol. The van der Waals surface area contributed by atoms with Crippen molar-refractivity contribution in [1.29, 1.82) is 0 Å². The number of benzene rings is 1. The fourth-order valence-electron chi connectivity index (χ4n) is 1.64. The van der Waals surface area contributed by atoms with E-state index in [0.717, 1.165) is 23.5 Å². The summed E-state index contributed by atoms with van der Waals surface area (Å²) < 4.78 is 11.2. The quantitative estimate of drug-likeness (QED) is 0.739. The molecule has 0 spiro atoms.